The number of carbonyl (C=O) groups excluding carboxylic acids is 1. The number of benzene rings is 1. The van der Waals surface area contributed by atoms with E-state index in [-0.39, 0.29) is 5.41 Å². The van der Waals surface area contributed by atoms with Crippen molar-refractivity contribution < 1.29 is 4.79 Å². The van der Waals surface area contributed by atoms with E-state index in [2.05, 4.69) is 29.4 Å². The van der Waals surface area contributed by atoms with Gasteiger partial charge in [0.15, 0.2) is 5.78 Å². The molecule has 1 aromatic carbocycles. The highest BCUT2D eigenvalue weighted by molar-refractivity contribution is 6.03. The summed E-state index contributed by atoms with van der Waals surface area (Å²) in [5.41, 5.74) is 1.74. The molecule has 3 heterocycles. The molecule has 0 saturated carbocycles. The van der Waals surface area contributed by atoms with Gasteiger partial charge in [0, 0.05) is 34.8 Å². The van der Waals surface area contributed by atoms with Gasteiger partial charge in [0.1, 0.15) is 0 Å². The summed E-state index contributed by atoms with van der Waals surface area (Å²) in [6, 6.07) is 9.18. The van der Waals surface area contributed by atoms with E-state index in [1.807, 2.05) is 18.3 Å². The lowest BCUT2D eigenvalue weighted by molar-refractivity contribution is 0.0617. The van der Waals surface area contributed by atoms with Crippen LogP contribution >= 0.6 is 0 Å². The van der Waals surface area contributed by atoms with Crippen LogP contribution in [0, 0.1) is 5.41 Å². The van der Waals surface area contributed by atoms with Gasteiger partial charge >= 0.3 is 0 Å². The highest BCUT2D eigenvalue weighted by Gasteiger charge is 2.50. The number of H-pyrrole nitrogens is 1. The van der Waals surface area contributed by atoms with E-state index in [0.29, 0.717) is 17.9 Å². The zero-order chi connectivity index (χ0) is 15.2. The second-order valence-electron chi connectivity index (χ2n) is 7.05. The molecule has 2 aliphatic heterocycles. The van der Waals surface area contributed by atoms with Crippen LogP contribution in [0.1, 0.15) is 55.8 Å². The molecule has 0 spiro atoms. The van der Waals surface area contributed by atoms with E-state index >= 15 is 0 Å². The summed E-state index contributed by atoms with van der Waals surface area (Å²) in [7, 11) is 0. The second kappa shape index (κ2) is 5.24. The first-order valence-corrected chi connectivity index (χ1v) is 8.61. The molecule has 0 radical (unpaired) electrons. The predicted octanol–water partition coefficient (Wildman–Crippen LogP) is 4.05. The van der Waals surface area contributed by atoms with Crippen LogP contribution in [0.2, 0.25) is 0 Å². The first-order valence-electron chi connectivity index (χ1n) is 8.61. The molecule has 2 aromatic rings. The van der Waals surface area contributed by atoms with Gasteiger partial charge in [-0.1, -0.05) is 25.5 Å². The average molecular weight is 296 g/mol. The number of Topliss-reactive ketones (excluding diaryl/α,β-unsaturated/α-hetero) is 1. The van der Waals surface area contributed by atoms with Crippen molar-refractivity contribution in [2.24, 2.45) is 5.41 Å². The normalized spacial score (nSPS) is 30.8. The zero-order valence-corrected chi connectivity index (χ0v) is 13.2. The molecule has 2 aliphatic rings. The Balaban J connectivity index is 1.73. The van der Waals surface area contributed by atoms with Crippen LogP contribution in [0.15, 0.2) is 30.5 Å². The lowest BCUT2D eigenvalue weighted by Crippen LogP contribution is -2.52. The molecular weight excluding hydrogens is 272 g/mol. The number of nitrogens with one attached hydrogen (secondary N) is 2. The van der Waals surface area contributed by atoms with Gasteiger partial charge in [-0.25, -0.2) is 0 Å². The van der Waals surface area contributed by atoms with Gasteiger partial charge in [-0.15, -0.1) is 0 Å². The summed E-state index contributed by atoms with van der Waals surface area (Å²) >= 11 is 0. The SMILES string of the molecule is CCC[C@@]1(C(=O)c2ccc3cc[nH]c3c2)CC[C@@H]2CC[C@H]1N2. The van der Waals surface area contributed by atoms with Crippen molar-refractivity contribution in [3.05, 3.63) is 36.0 Å². The van der Waals surface area contributed by atoms with Gasteiger partial charge in [0.25, 0.3) is 0 Å². The van der Waals surface area contributed by atoms with Gasteiger partial charge in [0.05, 0.1) is 0 Å². The number of aromatic amines is 1. The molecular formula is C19H24N2O. The summed E-state index contributed by atoms with van der Waals surface area (Å²) in [5.74, 6) is 0.351. The van der Waals surface area contributed by atoms with Crippen molar-refractivity contribution in [3.63, 3.8) is 0 Å². The molecule has 2 fully saturated rings. The highest BCUT2D eigenvalue weighted by atomic mass is 16.1. The molecule has 22 heavy (non-hydrogen) atoms. The average Bonchev–Trinajstić information content (AvgIpc) is 3.16. The minimum atomic E-state index is -0.192. The topological polar surface area (TPSA) is 44.9 Å². The number of fused-ring (bicyclic) bond motifs is 3. The number of hydrogen-bond donors (Lipinski definition) is 2. The second-order valence-corrected chi connectivity index (χ2v) is 7.05. The number of aromatic nitrogens is 1. The summed E-state index contributed by atoms with van der Waals surface area (Å²) in [5, 5.41) is 4.89. The summed E-state index contributed by atoms with van der Waals surface area (Å²) in [6.45, 7) is 2.20. The Labute approximate surface area is 131 Å². The molecule has 116 valence electrons. The third kappa shape index (κ3) is 2.03. The smallest absolute Gasteiger partial charge is 0.170 e. The van der Waals surface area contributed by atoms with E-state index < -0.39 is 0 Å². The van der Waals surface area contributed by atoms with Crippen LogP contribution in [0.3, 0.4) is 0 Å². The summed E-state index contributed by atoms with van der Waals surface area (Å²) < 4.78 is 0. The Hall–Kier alpha value is -1.61. The highest BCUT2D eigenvalue weighted by Crippen LogP contribution is 2.46. The van der Waals surface area contributed by atoms with Crippen molar-refractivity contribution in [1.82, 2.24) is 10.3 Å². The van der Waals surface area contributed by atoms with Gasteiger partial charge < -0.3 is 10.3 Å². The van der Waals surface area contributed by atoms with Crippen LogP contribution in [-0.2, 0) is 0 Å². The van der Waals surface area contributed by atoms with E-state index in [1.165, 1.54) is 11.8 Å². The molecule has 0 aliphatic carbocycles. The van der Waals surface area contributed by atoms with Crippen molar-refractivity contribution in [2.45, 2.75) is 57.5 Å². The molecule has 4 rings (SSSR count). The van der Waals surface area contributed by atoms with Gasteiger partial charge in [-0.3, -0.25) is 4.79 Å². The molecule has 3 atom stereocenters. The fourth-order valence-corrected chi connectivity index (χ4v) is 4.70. The van der Waals surface area contributed by atoms with E-state index in [9.17, 15) is 4.79 Å². The Morgan fingerprint density at radius 1 is 1.27 bits per heavy atom. The quantitative estimate of drug-likeness (QED) is 0.836. The van der Waals surface area contributed by atoms with Crippen LogP contribution in [0.25, 0.3) is 10.9 Å². The Kier molecular flexibility index (Phi) is 3.33. The summed E-state index contributed by atoms with van der Waals surface area (Å²) in [4.78, 5) is 16.6. The van der Waals surface area contributed by atoms with Crippen LogP contribution in [0.5, 0.6) is 0 Å². The number of carbonyl (C=O) groups is 1. The van der Waals surface area contributed by atoms with Crippen molar-refractivity contribution in [2.75, 3.05) is 0 Å². The number of rotatable bonds is 4. The Morgan fingerprint density at radius 2 is 2.18 bits per heavy atom. The molecule has 2 bridgehead atoms. The van der Waals surface area contributed by atoms with Gasteiger partial charge in [-0.2, -0.15) is 0 Å². The zero-order valence-electron chi connectivity index (χ0n) is 13.2. The molecule has 3 nitrogen and oxygen atoms in total. The third-order valence-corrected chi connectivity index (χ3v) is 5.81. The fourth-order valence-electron chi connectivity index (χ4n) is 4.70. The maximum Gasteiger partial charge on any atom is 0.170 e. The minimum absolute atomic E-state index is 0.192. The van der Waals surface area contributed by atoms with Crippen molar-refractivity contribution in [1.29, 1.82) is 0 Å². The third-order valence-electron chi connectivity index (χ3n) is 5.81. The first-order chi connectivity index (χ1) is 10.7. The number of piperidine rings is 1. The molecule has 3 heteroatoms. The first kappa shape index (κ1) is 14.0. The van der Waals surface area contributed by atoms with Gasteiger partial charge in [-0.05, 0) is 49.6 Å². The lowest BCUT2D eigenvalue weighted by Gasteiger charge is -2.42. The van der Waals surface area contributed by atoms with Crippen LogP contribution < -0.4 is 5.32 Å². The predicted molar refractivity (Wildman–Crippen MR) is 89.1 cm³/mol. The molecule has 2 saturated heterocycles. The summed E-state index contributed by atoms with van der Waals surface area (Å²) in [6.07, 6.45) is 8.58. The maximum atomic E-state index is 13.4. The van der Waals surface area contributed by atoms with Crippen molar-refractivity contribution >= 4 is 16.7 Å². The number of ketones is 1. The maximum absolute atomic E-state index is 13.4. The van der Waals surface area contributed by atoms with Crippen LogP contribution in [0.4, 0.5) is 0 Å². The Bertz CT molecular complexity index is 704. The van der Waals surface area contributed by atoms with E-state index in [1.54, 1.807) is 0 Å². The molecule has 0 amide bonds. The standard InChI is InChI=1S/C19H24N2O/c1-2-9-19(10-7-15-5-6-17(19)21-15)18(22)14-4-3-13-8-11-20-16(13)12-14/h3-4,8,11-12,15,17,20-21H,2,5-7,9-10H2,1H3/t15-,17+,19+/m0/s1. The monoisotopic (exact) mass is 296 g/mol. The minimum Gasteiger partial charge on any atom is -0.361 e. The van der Waals surface area contributed by atoms with E-state index in [4.69, 9.17) is 0 Å². The molecule has 0 unspecified atom stereocenters. The van der Waals surface area contributed by atoms with Gasteiger partial charge in [0.2, 0.25) is 0 Å². The largest absolute Gasteiger partial charge is 0.361 e. The Morgan fingerprint density at radius 3 is 3.05 bits per heavy atom. The van der Waals surface area contributed by atoms with Crippen molar-refractivity contribution in [3.8, 4) is 0 Å². The molecule has 1 aromatic heterocycles. The van der Waals surface area contributed by atoms with E-state index in [0.717, 1.165) is 43.2 Å². The molecule has 2 N–H and O–H groups in total. The lowest BCUT2D eigenvalue weighted by atomic mass is 9.67. The fraction of sp³-hybridized carbons (Fsp3) is 0.526. The number of hydrogen-bond acceptors (Lipinski definition) is 2. The van der Waals surface area contributed by atoms with Crippen LogP contribution in [-0.4, -0.2) is 22.9 Å².